The minimum atomic E-state index is -0.231. The molecule has 2 aromatic heterocycles. The van der Waals surface area contributed by atoms with Crippen molar-refractivity contribution in [1.29, 1.82) is 0 Å². The third-order valence-corrected chi connectivity index (χ3v) is 3.51. The first-order chi connectivity index (χ1) is 10.2. The summed E-state index contributed by atoms with van der Waals surface area (Å²) in [6.07, 6.45) is 1.73. The lowest BCUT2D eigenvalue weighted by molar-refractivity contribution is 0.0945. The van der Waals surface area contributed by atoms with Crippen LogP contribution in [-0.4, -0.2) is 20.7 Å². The van der Waals surface area contributed by atoms with Crippen LogP contribution in [0.4, 0.5) is 5.69 Å². The zero-order valence-corrected chi connectivity index (χ0v) is 11.9. The third kappa shape index (κ3) is 3.09. The fourth-order valence-electron chi connectivity index (χ4n) is 1.84. The highest BCUT2D eigenvalue weighted by atomic mass is 32.1. The maximum Gasteiger partial charge on any atom is 0.272 e. The van der Waals surface area contributed by atoms with Crippen LogP contribution >= 0.6 is 11.3 Å². The van der Waals surface area contributed by atoms with E-state index >= 15 is 0 Å². The number of carbonyl (C=O) groups excluding carboxylic acids is 1. The Kier molecular flexibility index (Phi) is 3.65. The largest absolute Gasteiger partial charge is 0.399 e. The number of anilines is 1. The maximum absolute atomic E-state index is 12.0. The molecular formula is C14H13N5OS. The Bertz CT molecular complexity index is 750. The van der Waals surface area contributed by atoms with Gasteiger partial charge in [0.1, 0.15) is 0 Å². The topological polar surface area (TPSA) is 85.8 Å². The predicted molar refractivity (Wildman–Crippen MR) is 81.3 cm³/mol. The minimum absolute atomic E-state index is 0.231. The van der Waals surface area contributed by atoms with Crippen LogP contribution in [0, 0.1) is 0 Å². The number of carbonyl (C=O) groups is 1. The van der Waals surface area contributed by atoms with Gasteiger partial charge >= 0.3 is 0 Å². The molecule has 3 N–H and O–H groups in total. The molecule has 1 aromatic carbocycles. The number of hydrogen-bond acceptors (Lipinski definition) is 5. The van der Waals surface area contributed by atoms with Crippen LogP contribution in [0.15, 0.2) is 47.4 Å². The summed E-state index contributed by atoms with van der Waals surface area (Å²) in [7, 11) is 0. The molecule has 2 heterocycles. The molecule has 0 aliphatic heterocycles. The van der Waals surface area contributed by atoms with Crippen molar-refractivity contribution < 1.29 is 4.79 Å². The lowest BCUT2D eigenvalue weighted by Crippen LogP contribution is -2.23. The van der Waals surface area contributed by atoms with Crippen molar-refractivity contribution in [3.05, 3.63) is 58.8 Å². The Morgan fingerprint density at radius 3 is 3.05 bits per heavy atom. The van der Waals surface area contributed by atoms with Gasteiger partial charge in [-0.05, 0) is 24.3 Å². The summed E-state index contributed by atoms with van der Waals surface area (Å²) in [4.78, 5) is 16.1. The average Bonchev–Trinajstić information content (AvgIpc) is 3.16. The number of aromatic nitrogens is 3. The maximum atomic E-state index is 12.0. The number of nitrogens with two attached hydrogens (primary N) is 1. The molecule has 21 heavy (non-hydrogen) atoms. The number of nitrogens with zero attached hydrogens (tertiary/aromatic N) is 3. The van der Waals surface area contributed by atoms with Crippen LogP contribution in [0.3, 0.4) is 0 Å². The van der Waals surface area contributed by atoms with E-state index in [0.29, 0.717) is 17.9 Å². The molecule has 0 fully saturated rings. The molecule has 0 spiro atoms. The Labute approximate surface area is 125 Å². The molecule has 6 nitrogen and oxygen atoms in total. The summed E-state index contributed by atoms with van der Waals surface area (Å²) in [5.74, 6) is -0.231. The first kappa shape index (κ1) is 13.3. The lowest BCUT2D eigenvalue weighted by Gasteiger charge is -2.02. The van der Waals surface area contributed by atoms with Crippen molar-refractivity contribution in [3.8, 4) is 5.69 Å². The van der Waals surface area contributed by atoms with Gasteiger partial charge in [0.15, 0.2) is 5.69 Å². The van der Waals surface area contributed by atoms with E-state index in [1.807, 2.05) is 17.5 Å². The van der Waals surface area contributed by atoms with Crippen LogP contribution in [-0.2, 0) is 6.54 Å². The predicted octanol–water partition coefficient (Wildman–Crippen LogP) is 1.84. The second kappa shape index (κ2) is 5.76. The van der Waals surface area contributed by atoms with Crippen molar-refractivity contribution in [3.63, 3.8) is 0 Å². The smallest absolute Gasteiger partial charge is 0.272 e. The molecule has 0 aliphatic carbocycles. The molecule has 0 atom stereocenters. The van der Waals surface area contributed by atoms with Gasteiger partial charge in [0.2, 0.25) is 0 Å². The van der Waals surface area contributed by atoms with E-state index in [1.165, 1.54) is 11.3 Å². The summed E-state index contributed by atoms with van der Waals surface area (Å²) >= 11 is 1.50. The molecule has 106 valence electrons. The van der Waals surface area contributed by atoms with Gasteiger partial charge in [-0.15, -0.1) is 11.3 Å². The van der Waals surface area contributed by atoms with E-state index in [1.54, 1.807) is 34.6 Å². The molecule has 0 aliphatic rings. The van der Waals surface area contributed by atoms with Crippen molar-refractivity contribution in [1.82, 2.24) is 20.1 Å². The molecule has 0 unspecified atom stereocenters. The highest BCUT2D eigenvalue weighted by Crippen LogP contribution is 2.11. The summed E-state index contributed by atoms with van der Waals surface area (Å²) in [6, 6.07) is 8.98. The van der Waals surface area contributed by atoms with E-state index in [-0.39, 0.29) is 5.91 Å². The second-order valence-electron chi connectivity index (χ2n) is 4.40. The van der Waals surface area contributed by atoms with Crippen molar-refractivity contribution in [2.75, 3.05) is 5.73 Å². The highest BCUT2D eigenvalue weighted by molar-refractivity contribution is 7.07. The standard InChI is InChI=1S/C14H13N5OS/c15-10-2-1-3-12(6-10)19-5-4-13(18-19)14(20)16-7-11-8-21-9-17-11/h1-6,8-9H,7,15H2,(H,16,20). The Balaban J connectivity index is 1.71. The lowest BCUT2D eigenvalue weighted by atomic mass is 10.3. The molecule has 0 saturated heterocycles. The number of hydrogen-bond donors (Lipinski definition) is 2. The van der Waals surface area contributed by atoms with Gasteiger partial charge in [0.25, 0.3) is 5.91 Å². The van der Waals surface area contributed by atoms with Crippen LogP contribution < -0.4 is 11.1 Å². The first-order valence-electron chi connectivity index (χ1n) is 6.29. The van der Waals surface area contributed by atoms with Crippen molar-refractivity contribution in [2.45, 2.75) is 6.54 Å². The fraction of sp³-hybridized carbons (Fsp3) is 0.0714. The zero-order chi connectivity index (χ0) is 14.7. The van der Waals surface area contributed by atoms with E-state index in [2.05, 4.69) is 15.4 Å². The van der Waals surface area contributed by atoms with E-state index in [9.17, 15) is 4.79 Å². The van der Waals surface area contributed by atoms with Crippen LogP contribution in [0.5, 0.6) is 0 Å². The van der Waals surface area contributed by atoms with Gasteiger partial charge in [0, 0.05) is 17.3 Å². The number of nitrogens with one attached hydrogen (secondary N) is 1. The molecule has 1 amide bonds. The number of rotatable bonds is 4. The first-order valence-corrected chi connectivity index (χ1v) is 7.23. The van der Waals surface area contributed by atoms with Crippen molar-refractivity contribution in [2.24, 2.45) is 0 Å². The van der Waals surface area contributed by atoms with Crippen LogP contribution in [0.25, 0.3) is 5.69 Å². The van der Waals surface area contributed by atoms with E-state index in [0.717, 1.165) is 11.4 Å². The monoisotopic (exact) mass is 299 g/mol. The SMILES string of the molecule is Nc1cccc(-n2ccc(C(=O)NCc3cscn3)n2)c1. The van der Waals surface area contributed by atoms with Gasteiger partial charge < -0.3 is 11.1 Å². The second-order valence-corrected chi connectivity index (χ2v) is 5.12. The Morgan fingerprint density at radius 1 is 1.38 bits per heavy atom. The number of thiazole rings is 1. The minimum Gasteiger partial charge on any atom is -0.399 e. The number of nitrogen functional groups attached to an aromatic ring is 1. The molecule has 0 bridgehead atoms. The average molecular weight is 299 g/mol. The van der Waals surface area contributed by atoms with Crippen LogP contribution in [0.2, 0.25) is 0 Å². The zero-order valence-electron chi connectivity index (χ0n) is 11.1. The molecule has 7 heteroatoms. The summed E-state index contributed by atoms with van der Waals surface area (Å²) in [6.45, 7) is 0.396. The summed E-state index contributed by atoms with van der Waals surface area (Å²) < 4.78 is 1.62. The molecule has 3 aromatic rings. The summed E-state index contributed by atoms with van der Waals surface area (Å²) in [5, 5.41) is 8.93. The van der Waals surface area contributed by atoms with Gasteiger partial charge in [-0.2, -0.15) is 5.10 Å². The third-order valence-electron chi connectivity index (χ3n) is 2.87. The fourth-order valence-corrected chi connectivity index (χ4v) is 2.40. The van der Waals surface area contributed by atoms with Gasteiger partial charge in [-0.25, -0.2) is 9.67 Å². The van der Waals surface area contributed by atoms with Gasteiger partial charge in [0.05, 0.1) is 23.4 Å². The molecule has 0 radical (unpaired) electrons. The van der Waals surface area contributed by atoms with Crippen molar-refractivity contribution >= 4 is 22.9 Å². The number of benzene rings is 1. The highest BCUT2D eigenvalue weighted by Gasteiger charge is 2.10. The van der Waals surface area contributed by atoms with E-state index in [4.69, 9.17) is 5.73 Å². The molecule has 3 rings (SSSR count). The van der Waals surface area contributed by atoms with E-state index < -0.39 is 0 Å². The normalized spacial score (nSPS) is 10.5. The molecular weight excluding hydrogens is 286 g/mol. The quantitative estimate of drug-likeness (QED) is 0.720. The van der Waals surface area contributed by atoms with Gasteiger partial charge in [-0.3, -0.25) is 4.79 Å². The summed E-state index contributed by atoms with van der Waals surface area (Å²) in [5.41, 5.74) is 10.1. The van der Waals surface area contributed by atoms with Crippen LogP contribution in [0.1, 0.15) is 16.2 Å². The Hall–Kier alpha value is -2.67. The number of amides is 1. The Morgan fingerprint density at radius 2 is 2.29 bits per heavy atom. The van der Waals surface area contributed by atoms with Gasteiger partial charge in [-0.1, -0.05) is 6.07 Å². The molecule has 0 saturated carbocycles.